The van der Waals surface area contributed by atoms with E-state index >= 15 is 0 Å². The number of carbonyl (C=O) groups excluding carboxylic acids is 3. The lowest BCUT2D eigenvalue weighted by atomic mass is 10.0. The van der Waals surface area contributed by atoms with Gasteiger partial charge in [0.25, 0.3) is 5.91 Å². The fraction of sp³-hybridized carbons (Fsp3) is 0.348. The van der Waals surface area contributed by atoms with E-state index in [4.69, 9.17) is 13.9 Å². The summed E-state index contributed by atoms with van der Waals surface area (Å²) in [4.78, 5) is 40.2. The number of carbonyl (C=O) groups is 3. The lowest BCUT2D eigenvalue weighted by molar-refractivity contribution is -0.131. The number of hydrogen-bond donors (Lipinski definition) is 0. The molecule has 0 saturated carbocycles. The summed E-state index contributed by atoms with van der Waals surface area (Å²) in [6.07, 6.45) is -0.364. The molecule has 2 heterocycles. The van der Waals surface area contributed by atoms with Crippen molar-refractivity contribution in [3.8, 4) is 5.75 Å². The summed E-state index contributed by atoms with van der Waals surface area (Å²) in [5.41, 5.74) is 1.02. The predicted molar refractivity (Wildman–Crippen MR) is 114 cm³/mol. The average molecular weight is 424 g/mol. The van der Waals surface area contributed by atoms with Gasteiger partial charge in [-0.15, -0.1) is 0 Å². The zero-order valence-corrected chi connectivity index (χ0v) is 17.8. The Labute approximate surface area is 179 Å². The summed E-state index contributed by atoms with van der Waals surface area (Å²) in [7, 11) is 0. The fourth-order valence-electron chi connectivity index (χ4n) is 3.97. The van der Waals surface area contributed by atoms with Crippen LogP contribution in [0.25, 0.3) is 21.7 Å². The first-order valence-electron chi connectivity index (χ1n) is 10.2. The molecule has 162 valence electrons. The lowest BCUT2D eigenvalue weighted by Gasteiger charge is -2.34. The van der Waals surface area contributed by atoms with E-state index in [0.29, 0.717) is 60.8 Å². The van der Waals surface area contributed by atoms with Gasteiger partial charge in [0.15, 0.2) is 0 Å². The van der Waals surface area contributed by atoms with E-state index in [0.717, 1.165) is 10.8 Å². The topological polar surface area (TPSA) is 89.3 Å². The second kappa shape index (κ2) is 8.29. The van der Waals surface area contributed by atoms with Crippen LogP contribution in [0, 0.1) is 6.92 Å². The quantitative estimate of drug-likeness (QED) is 0.470. The molecular formula is C23H24N2O6. The zero-order chi connectivity index (χ0) is 22.1. The first-order chi connectivity index (χ1) is 14.9. The predicted octanol–water partition coefficient (Wildman–Crippen LogP) is 3.73. The fourth-order valence-corrected chi connectivity index (χ4v) is 3.97. The molecule has 8 nitrogen and oxygen atoms in total. The van der Waals surface area contributed by atoms with Crippen molar-refractivity contribution in [1.82, 2.24) is 9.80 Å². The number of fused-ring (bicyclic) bond motifs is 3. The Bertz CT molecular complexity index is 1170. The number of amides is 2. The molecule has 8 heteroatoms. The molecule has 0 aliphatic carbocycles. The van der Waals surface area contributed by atoms with Crippen LogP contribution in [-0.4, -0.2) is 60.6 Å². The maximum Gasteiger partial charge on any atom is 0.409 e. The van der Waals surface area contributed by atoms with Crippen molar-refractivity contribution in [1.29, 1.82) is 0 Å². The van der Waals surface area contributed by atoms with Crippen molar-refractivity contribution in [2.24, 2.45) is 0 Å². The molecule has 0 bridgehead atoms. The van der Waals surface area contributed by atoms with Crippen molar-refractivity contribution >= 4 is 39.7 Å². The molecule has 0 N–H and O–H groups in total. The maximum atomic E-state index is 13.4. The summed E-state index contributed by atoms with van der Waals surface area (Å²) in [5, 5.41) is 2.11. The number of benzene rings is 2. The van der Waals surface area contributed by atoms with Crippen molar-refractivity contribution in [2.45, 2.75) is 20.8 Å². The first kappa shape index (κ1) is 20.7. The second-order valence-corrected chi connectivity index (χ2v) is 7.40. The summed E-state index contributed by atoms with van der Waals surface area (Å²) >= 11 is 0. The standard InChI is InChI=1S/C23H24N2O6/c1-4-29-23(28)25-11-9-24(10-12-25)22(27)20-14(2)30-21-17-8-6-5-7-16(17)19(13-18(20)21)31-15(3)26/h5-8,13H,4,9-12H2,1-3H3. The lowest BCUT2D eigenvalue weighted by Crippen LogP contribution is -2.50. The smallest absolute Gasteiger partial charge is 0.409 e. The minimum Gasteiger partial charge on any atom is -0.460 e. The van der Waals surface area contributed by atoms with E-state index in [1.165, 1.54) is 6.92 Å². The van der Waals surface area contributed by atoms with Gasteiger partial charge in [-0.3, -0.25) is 9.59 Å². The largest absolute Gasteiger partial charge is 0.460 e. The van der Waals surface area contributed by atoms with Gasteiger partial charge < -0.3 is 23.7 Å². The van der Waals surface area contributed by atoms with E-state index in [2.05, 4.69) is 0 Å². The van der Waals surface area contributed by atoms with E-state index in [1.54, 1.807) is 29.7 Å². The highest BCUT2D eigenvalue weighted by Crippen LogP contribution is 2.38. The molecule has 3 aromatic rings. The summed E-state index contributed by atoms with van der Waals surface area (Å²) in [5.74, 6) is 0.270. The van der Waals surface area contributed by atoms with Crippen molar-refractivity contribution < 1.29 is 28.3 Å². The van der Waals surface area contributed by atoms with Crippen LogP contribution in [0.3, 0.4) is 0 Å². The van der Waals surface area contributed by atoms with Crippen LogP contribution in [-0.2, 0) is 9.53 Å². The van der Waals surface area contributed by atoms with Crippen molar-refractivity contribution in [3.05, 3.63) is 41.7 Å². The molecule has 31 heavy (non-hydrogen) atoms. The SMILES string of the molecule is CCOC(=O)N1CCN(C(=O)c2c(C)oc3c2cc(OC(C)=O)c2ccccc23)CC1. The van der Waals surface area contributed by atoms with Gasteiger partial charge in [-0.05, 0) is 19.9 Å². The molecule has 0 radical (unpaired) electrons. The molecule has 2 aromatic carbocycles. The third kappa shape index (κ3) is 3.81. The molecule has 1 saturated heterocycles. The van der Waals surface area contributed by atoms with Gasteiger partial charge in [-0.2, -0.15) is 0 Å². The van der Waals surface area contributed by atoms with Crippen LogP contribution in [0.5, 0.6) is 5.75 Å². The van der Waals surface area contributed by atoms with Crippen LogP contribution in [0.2, 0.25) is 0 Å². The number of aryl methyl sites for hydroxylation is 1. The van der Waals surface area contributed by atoms with Crippen LogP contribution in [0.1, 0.15) is 30.0 Å². The van der Waals surface area contributed by atoms with Crippen LogP contribution >= 0.6 is 0 Å². The van der Waals surface area contributed by atoms with Crippen LogP contribution in [0.15, 0.2) is 34.7 Å². The summed E-state index contributed by atoms with van der Waals surface area (Å²) in [6, 6.07) is 9.14. The van der Waals surface area contributed by atoms with E-state index in [-0.39, 0.29) is 12.0 Å². The Hall–Kier alpha value is -3.55. The van der Waals surface area contributed by atoms with Gasteiger partial charge >= 0.3 is 12.1 Å². The Morgan fingerprint density at radius 2 is 1.65 bits per heavy atom. The summed E-state index contributed by atoms with van der Waals surface area (Å²) < 4.78 is 16.5. The Morgan fingerprint density at radius 3 is 2.29 bits per heavy atom. The van der Waals surface area contributed by atoms with Gasteiger partial charge in [0.1, 0.15) is 17.1 Å². The molecular weight excluding hydrogens is 400 g/mol. The van der Waals surface area contributed by atoms with Crippen molar-refractivity contribution in [2.75, 3.05) is 32.8 Å². The molecule has 1 aliphatic heterocycles. The number of rotatable bonds is 3. The molecule has 0 spiro atoms. The van der Waals surface area contributed by atoms with Gasteiger partial charge in [-0.1, -0.05) is 24.3 Å². The molecule has 4 rings (SSSR count). The monoisotopic (exact) mass is 424 g/mol. The van der Waals surface area contributed by atoms with E-state index in [9.17, 15) is 14.4 Å². The van der Waals surface area contributed by atoms with Gasteiger partial charge in [0, 0.05) is 49.3 Å². The number of hydrogen-bond acceptors (Lipinski definition) is 6. The Morgan fingerprint density at radius 1 is 1.00 bits per heavy atom. The Balaban J connectivity index is 1.70. The summed E-state index contributed by atoms with van der Waals surface area (Å²) in [6.45, 7) is 6.77. The molecule has 1 fully saturated rings. The molecule has 0 unspecified atom stereocenters. The highest BCUT2D eigenvalue weighted by molar-refractivity contribution is 6.16. The molecule has 1 aromatic heterocycles. The zero-order valence-electron chi connectivity index (χ0n) is 17.8. The third-order valence-corrected chi connectivity index (χ3v) is 5.39. The number of esters is 1. The van der Waals surface area contributed by atoms with Crippen molar-refractivity contribution in [3.63, 3.8) is 0 Å². The van der Waals surface area contributed by atoms with Crippen LogP contribution < -0.4 is 4.74 Å². The third-order valence-electron chi connectivity index (χ3n) is 5.39. The van der Waals surface area contributed by atoms with Gasteiger partial charge in [0.05, 0.1) is 12.2 Å². The highest BCUT2D eigenvalue weighted by atomic mass is 16.6. The first-order valence-corrected chi connectivity index (χ1v) is 10.2. The molecule has 0 atom stereocenters. The number of furan rings is 1. The minimum absolute atomic E-state index is 0.177. The number of piperazine rings is 1. The van der Waals surface area contributed by atoms with Crippen LogP contribution in [0.4, 0.5) is 4.79 Å². The average Bonchev–Trinajstić information content (AvgIpc) is 3.09. The number of nitrogens with zero attached hydrogens (tertiary/aromatic N) is 2. The maximum absolute atomic E-state index is 13.4. The van der Waals surface area contributed by atoms with E-state index in [1.807, 2.05) is 24.3 Å². The minimum atomic E-state index is -0.437. The van der Waals surface area contributed by atoms with Gasteiger partial charge in [-0.25, -0.2) is 4.79 Å². The number of ether oxygens (including phenoxy) is 2. The highest BCUT2D eigenvalue weighted by Gasteiger charge is 2.29. The van der Waals surface area contributed by atoms with E-state index < -0.39 is 5.97 Å². The normalized spacial score (nSPS) is 14.2. The van der Waals surface area contributed by atoms with Gasteiger partial charge in [0.2, 0.25) is 0 Å². The second-order valence-electron chi connectivity index (χ2n) is 7.40. The molecule has 2 amide bonds. The Kier molecular flexibility index (Phi) is 5.54. The molecule has 1 aliphatic rings.